The largest absolute Gasteiger partial charge is 0.573 e. The fourth-order valence-corrected chi connectivity index (χ4v) is 3.70. The highest BCUT2D eigenvalue weighted by Gasteiger charge is 2.32. The van der Waals surface area contributed by atoms with Crippen LogP contribution in [-0.4, -0.2) is 20.7 Å². The second-order valence-corrected chi connectivity index (χ2v) is 8.10. The zero-order valence-electron chi connectivity index (χ0n) is 15.9. The average molecular weight is 450 g/mol. The SMILES string of the molecule is O=C(Nc1ccccc1OC(F)(F)F)c1cccc(S(=O)(=O)NCc2ccccc2)c1. The van der Waals surface area contributed by atoms with E-state index in [1.54, 1.807) is 30.3 Å². The van der Waals surface area contributed by atoms with Gasteiger partial charge < -0.3 is 10.1 Å². The van der Waals surface area contributed by atoms with Crippen molar-refractivity contribution in [2.75, 3.05) is 5.32 Å². The van der Waals surface area contributed by atoms with Crippen LogP contribution >= 0.6 is 0 Å². The van der Waals surface area contributed by atoms with Crippen LogP contribution in [0.3, 0.4) is 0 Å². The standard InChI is InChI=1S/C21H17F3N2O4S/c22-21(23,24)30-19-12-5-4-11-18(19)26-20(27)16-9-6-10-17(13-16)31(28,29)25-14-15-7-2-1-3-8-15/h1-13,25H,14H2,(H,26,27). The van der Waals surface area contributed by atoms with Crippen LogP contribution in [0.1, 0.15) is 15.9 Å². The molecule has 0 aliphatic heterocycles. The predicted molar refractivity (Wildman–Crippen MR) is 108 cm³/mol. The number of rotatable bonds is 7. The first kappa shape index (κ1) is 22.3. The first-order chi connectivity index (χ1) is 14.6. The van der Waals surface area contributed by atoms with Crippen molar-refractivity contribution in [1.82, 2.24) is 4.72 Å². The maximum atomic E-state index is 12.6. The number of nitrogens with one attached hydrogen (secondary N) is 2. The Kier molecular flexibility index (Phi) is 6.62. The van der Waals surface area contributed by atoms with E-state index < -0.39 is 28.0 Å². The molecule has 0 atom stereocenters. The Morgan fingerprint density at radius 1 is 0.903 bits per heavy atom. The molecule has 0 saturated heterocycles. The van der Waals surface area contributed by atoms with E-state index in [2.05, 4.69) is 14.8 Å². The van der Waals surface area contributed by atoms with Crippen molar-refractivity contribution in [3.05, 3.63) is 90.0 Å². The summed E-state index contributed by atoms with van der Waals surface area (Å²) < 4.78 is 69.1. The molecule has 0 unspecified atom stereocenters. The topological polar surface area (TPSA) is 84.5 Å². The van der Waals surface area contributed by atoms with Crippen molar-refractivity contribution in [2.24, 2.45) is 0 Å². The lowest BCUT2D eigenvalue weighted by molar-refractivity contribution is -0.274. The molecule has 6 nitrogen and oxygen atoms in total. The Bertz CT molecular complexity index is 1170. The number of para-hydroxylation sites is 2. The molecular weight excluding hydrogens is 433 g/mol. The summed E-state index contributed by atoms with van der Waals surface area (Å²) in [5, 5.41) is 2.31. The van der Waals surface area contributed by atoms with Gasteiger partial charge in [0.25, 0.3) is 5.91 Å². The Morgan fingerprint density at radius 2 is 1.58 bits per heavy atom. The van der Waals surface area contributed by atoms with Crippen molar-refractivity contribution in [3.63, 3.8) is 0 Å². The summed E-state index contributed by atoms with van der Waals surface area (Å²) in [4.78, 5) is 12.4. The van der Waals surface area contributed by atoms with Gasteiger partial charge in [-0.3, -0.25) is 4.79 Å². The van der Waals surface area contributed by atoms with E-state index in [4.69, 9.17) is 0 Å². The number of hydrogen-bond acceptors (Lipinski definition) is 4. The minimum absolute atomic E-state index is 0.0515. The van der Waals surface area contributed by atoms with Gasteiger partial charge in [0.15, 0.2) is 5.75 Å². The second-order valence-electron chi connectivity index (χ2n) is 6.34. The first-order valence-electron chi connectivity index (χ1n) is 8.94. The van der Waals surface area contributed by atoms with Crippen molar-refractivity contribution >= 4 is 21.6 Å². The molecule has 0 fully saturated rings. The van der Waals surface area contributed by atoms with Crippen LogP contribution in [-0.2, 0) is 16.6 Å². The first-order valence-corrected chi connectivity index (χ1v) is 10.4. The Balaban J connectivity index is 1.76. The monoisotopic (exact) mass is 450 g/mol. The lowest BCUT2D eigenvalue weighted by Crippen LogP contribution is -2.24. The summed E-state index contributed by atoms with van der Waals surface area (Å²) >= 11 is 0. The molecule has 0 saturated carbocycles. The van der Waals surface area contributed by atoms with Crippen LogP contribution in [0.25, 0.3) is 0 Å². The van der Waals surface area contributed by atoms with Gasteiger partial charge >= 0.3 is 6.36 Å². The second kappa shape index (κ2) is 9.19. The number of amides is 1. The molecule has 3 aromatic rings. The molecule has 3 rings (SSSR count). The molecule has 10 heteroatoms. The van der Waals surface area contributed by atoms with Gasteiger partial charge in [0.2, 0.25) is 10.0 Å². The average Bonchev–Trinajstić information content (AvgIpc) is 2.73. The summed E-state index contributed by atoms with van der Waals surface area (Å²) in [7, 11) is -3.92. The maximum absolute atomic E-state index is 12.6. The lowest BCUT2D eigenvalue weighted by atomic mass is 10.2. The third-order valence-electron chi connectivity index (χ3n) is 4.08. The van der Waals surface area contributed by atoms with Gasteiger partial charge in [-0.2, -0.15) is 0 Å². The molecule has 162 valence electrons. The van der Waals surface area contributed by atoms with Gasteiger partial charge in [0, 0.05) is 12.1 Å². The zero-order chi connectivity index (χ0) is 22.5. The summed E-state index contributed by atoms with van der Waals surface area (Å²) in [6, 6.07) is 19.1. The molecule has 3 aromatic carbocycles. The molecule has 0 bridgehead atoms. The van der Waals surface area contributed by atoms with Crippen LogP contribution in [0, 0.1) is 0 Å². The smallest absolute Gasteiger partial charge is 0.404 e. The van der Waals surface area contributed by atoms with Crippen molar-refractivity contribution in [1.29, 1.82) is 0 Å². The Hall–Kier alpha value is -3.37. The highest BCUT2D eigenvalue weighted by Crippen LogP contribution is 2.30. The lowest BCUT2D eigenvalue weighted by Gasteiger charge is -2.14. The highest BCUT2D eigenvalue weighted by molar-refractivity contribution is 7.89. The number of anilines is 1. The number of halogens is 3. The Labute approximate surface area is 176 Å². The van der Waals surface area contributed by atoms with Gasteiger partial charge in [0.05, 0.1) is 10.6 Å². The fourth-order valence-electron chi connectivity index (χ4n) is 2.64. The van der Waals surface area contributed by atoms with Gasteiger partial charge in [-0.1, -0.05) is 48.5 Å². The number of alkyl halides is 3. The van der Waals surface area contributed by atoms with Crippen molar-refractivity contribution in [2.45, 2.75) is 17.8 Å². The minimum atomic E-state index is -4.93. The third kappa shape index (κ3) is 6.30. The number of sulfonamides is 1. The summed E-state index contributed by atoms with van der Waals surface area (Å²) in [6.45, 7) is 0.0573. The summed E-state index contributed by atoms with van der Waals surface area (Å²) in [5.74, 6) is -1.38. The fraction of sp³-hybridized carbons (Fsp3) is 0.0952. The highest BCUT2D eigenvalue weighted by atomic mass is 32.2. The zero-order valence-corrected chi connectivity index (χ0v) is 16.7. The number of carbonyl (C=O) groups excluding carboxylic acids is 1. The predicted octanol–water partition coefficient (Wildman–Crippen LogP) is 4.32. The normalized spacial score (nSPS) is 11.7. The maximum Gasteiger partial charge on any atom is 0.573 e. The molecule has 0 aromatic heterocycles. The summed E-state index contributed by atoms with van der Waals surface area (Å²) in [5.41, 5.74) is 0.492. The molecule has 0 heterocycles. The number of benzene rings is 3. The number of carbonyl (C=O) groups is 1. The van der Waals surface area contributed by atoms with Crippen LogP contribution in [0.2, 0.25) is 0 Å². The molecule has 0 aliphatic carbocycles. The number of hydrogen-bond donors (Lipinski definition) is 2. The van der Waals surface area contributed by atoms with E-state index in [1.807, 2.05) is 0 Å². The number of ether oxygens (including phenoxy) is 1. The van der Waals surface area contributed by atoms with Gasteiger partial charge in [-0.15, -0.1) is 13.2 Å². The van der Waals surface area contributed by atoms with E-state index in [9.17, 15) is 26.4 Å². The summed E-state index contributed by atoms with van der Waals surface area (Å²) in [6.07, 6.45) is -4.93. The van der Waals surface area contributed by atoms with E-state index in [-0.39, 0.29) is 22.7 Å². The third-order valence-corrected chi connectivity index (χ3v) is 5.48. The molecular formula is C21H17F3N2O4S. The van der Waals surface area contributed by atoms with Crippen LogP contribution in [0.4, 0.5) is 18.9 Å². The van der Waals surface area contributed by atoms with Crippen LogP contribution in [0.5, 0.6) is 5.75 Å². The van der Waals surface area contributed by atoms with Gasteiger partial charge in [0.1, 0.15) is 0 Å². The van der Waals surface area contributed by atoms with E-state index in [0.717, 1.165) is 17.7 Å². The van der Waals surface area contributed by atoms with Crippen molar-refractivity contribution < 1.29 is 31.1 Å². The van der Waals surface area contributed by atoms with Crippen LogP contribution in [0.15, 0.2) is 83.8 Å². The molecule has 0 aliphatic rings. The molecule has 0 spiro atoms. The molecule has 31 heavy (non-hydrogen) atoms. The minimum Gasteiger partial charge on any atom is -0.404 e. The van der Waals surface area contributed by atoms with Gasteiger partial charge in [-0.25, -0.2) is 13.1 Å². The van der Waals surface area contributed by atoms with E-state index in [1.165, 1.54) is 36.4 Å². The van der Waals surface area contributed by atoms with Crippen LogP contribution < -0.4 is 14.8 Å². The molecule has 0 radical (unpaired) electrons. The van der Waals surface area contributed by atoms with Crippen molar-refractivity contribution in [3.8, 4) is 5.75 Å². The van der Waals surface area contributed by atoms with E-state index in [0.29, 0.717) is 0 Å². The Morgan fingerprint density at radius 3 is 2.29 bits per heavy atom. The van der Waals surface area contributed by atoms with E-state index >= 15 is 0 Å². The molecule has 1 amide bonds. The quantitative estimate of drug-likeness (QED) is 0.562. The molecule has 2 N–H and O–H groups in total. The van der Waals surface area contributed by atoms with Gasteiger partial charge in [-0.05, 0) is 35.9 Å².